The molecule has 22 heavy (non-hydrogen) atoms. The van der Waals surface area contributed by atoms with Crippen molar-refractivity contribution in [3.05, 3.63) is 41.2 Å². The van der Waals surface area contributed by atoms with Crippen LogP contribution in [0.3, 0.4) is 0 Å². The first-order valence-electron chi connectivity index (χ1n) is 7.94. The molecule has 4 rings (SSSR count). The third-order valence-corrected chi connectivity index (χ3v) is 4.98. The van der Waals surface area contributed by atoms with Crippen LogP contribution in [0.5, 0.6) is 0 Å². The number of hydrogen-bond donors (Lipinski definition) is 1. The molecule has 1 N–H and O–H groups in total. The monoisotopic (exact) mass is 317 g/mol. The van der Waals surface area contributed by atoms with Crippen LogP contribution in [0, 0.1) is 5.92 Å². The van der Waals surface area contributed by atoms with E-state index in [0.29, 0.717) is 10.9 Å². The average molecular weight is 318 g/mol. The SMILES string of the molecule is Clc1cccc(-c2nc(CN3CCC4NCCC4C3)co2)c1. The van der Waals surface area contributed by atoms with Crippen LogP contribution in [-0.4, -0.2) is 35.6 Å². The standard InChI is InChI=1S/C17H20ClN3O/c18-14-3-1-2-12(8-14)17-20-15(11-22-17)10-21-7-5-16-13(9-21)4-6-19-16/h1-3,8,11,13,16,19H,4-7,9-10H2. The number of benzene rings is 1. The van der Waals surface area contributed by atoms with E-state index < -0.39 is 0 Å². The molecule has 4 nitrogen and oxygen atoms in total. The van der Waals surface area contributed by atoms with Gasteiger partial charge in [0, 0.05) is 36.3 Å². The van der Waals surface area contributed by atoms with Crippen molar-refractivity contribution in [2.45, 2.75) is 25.4 Å². The summed E-state index contributed by atoms with van der Waals surface area (Å²) in [6, 6.07) is 8.36. The first kappa shape index (κ1) is 14.2. The van der Waals surface area contributed by atoms with Crippen LogP contribution in [0.1, 0.15) is 18.5 Å². The first-order chi connectivity index (χ1) is 10.8. The smallest absolute Gasteiger partial charge is 0.226 e. The largest absolute Gasteiger partial charge is 0.444 e. The molecule has 5 heteroatoms. The van der Waals surface area contributed by atoms with Crippen LogP contribution in [0.25, 0.3) is 11.5 Å². The van der Waals surface area contributed by atoms with Crippen molar-refractivity contribution < 1.29 is 4.42 Å². The molecule has 116 valence electrons. The molecule has 2 saturated heterocycles. The van der Waals surface area contributed by atoms with E-state index in [-0.39, 0.29) is 0 Å². The summed E-state index contributed by atoms with van der Waals surface area (Å²) in [6.45, 7) is 4.34. The van der Waals surface area contributed by atoms with Crippen molar-refractivity contribution >= 4 is 11.6 Å². The van der Waals surface area contributed by atoms with Gasteiger partial charge in [-0.15, -0.1) is 0 Å². The van der Waals surface area contributed by atoms with E-state index in [1.165, 1.54) is 19.4 Å². The van der Waals surface area contributed by atoms with Gasteiger partial charge in [-0.05, 0) is 43.5 Å². The number of likely N-dealkylation sites (tertiary alicyclic amines) is 1. The van der Waals surface area contributed by atoms with Crippen molar-refractivity contribution in [2.24, 2.45) is 5.92 Å². The molecule has 2 aliphatic heterocycles. The van der Waals surface area contributed by atoms with Gasteiger partial charge in [-0.25, -0.2) is 4.98 Å². The minimum atomic E-state index is 0.648. The molecule has 2 unspecified atom stereocenters. The van der Waals surface area contributed by atoms with E-state index in [1.54, 1.807) is 6.26 Å². The Morgan fingerprint density at radius 1 is 1.36 bits per heavy atom. The highest BCUT2D eigenvalue weighted by atomic mass is 35.5. The lowest BCUT2D eigenvalue weighted by Gasteiger charge is -2.34. The Balaban J connectivity index is 1.44. The number of nitrogens with zero attached hydrogens (tertiary/aromatic N) is 2. The van der Waals surface area contributed by atoms with E-state index in [0.717, 1.165) is 42.9 Å². The van der Waals surface area contributed by atoms with Crippen molar-refractivity contribution in [1.82, 2.24) is 15.2 Å². The summed E-state index contributed by atoms with van der Waals surface area (Å²) >= 11 is 6.03. The highest BCUT2D eigenvalue weighted by Crippen LogP contribution is 2.26. The van der Waals surface area contributed by atoms with Crippen molar-refractivity contribution in [3.63, 3.8) is 0 Å². The molecular weight excluding hydrogens is 298 g/mol. The van der Waals surface area contributed by atoms with Crippen molar-refractivity contribution in [3.8, 4) is 11.5 Å². The van der Waals surface area contributed by atoms with Gasteiger partial charge in [0.05, 0.1) is 5.69 Å². The Bertz CT molecular complexity index is 657. The minimum Gasteiger partial charge on any atom is -0.444 e. The topological polar surface area (TPSA) is 41.3 Å². The molecule has 2 aliphatic rings. The molecule has 2 atom stereocenters. The molecular formula is C17H20ClN3O. The summed E-state index contributed by atoms with van der Waals surface area (Å²) < 4.78 is 5.63. The Morgan fingerprint density at radius 2 is 2.32 bits per heavy atom. The van der Waals surface area contributed by atoms with Gasteiger partial charge in [-0.3, -0.25) is 4.90 Å². The third-order valence-electron chi connectivity index (χ3n) is 4.75. The minimum absolute atomic E-state index is 0.648. The number of hydrogen-bond acceptors (Lipinski definition) is 4. The fourth-order valence-electron chi connectivity index (χ4n) is 3.63. The highest BCUT2D eigenvalue weighted by molar-refractivity contribution is 6.30. The molecule has 0 aliphatic carbocycles. The van der Waals surface area contributed by atoms with Crippen LogP contribution >= 0.6 is 11.6 Å². The second kappa shape index (κ2) is 6.03. The summed E-state index contributed by atoms with van der Waals surface area (Å²) in [6.07, 6.45) is 4.31. The number of halogens is 1. The molecule has 3 heterocycles. The van der Waals surface area contributed by atoms with Gasteiger partial charge in [0.1, 0.15) is 6.26 Å². The van der Waals surface area contributed by atoms with Crippen molar-refractivity contribution in [2.75, 3.05) is 19.6 Å². The number of oxazole rings is 1. The quantitative estimate of drug-likeness (QED) is 0.944. The lowest BCUT2D eigenvalue weighted by Crippen LogP contribution is -2.43. The molecule has 1 aromatic carbocycles. The zero-order valence-corrected chi connectivity index (χ0v) is 13.2. The predicted molar refractivity (Wildman–Crippen MR) is 86.7 cm³/mol. The van der Waals surface area contributed by atoms with Crippen molar-refractivity contribution in [1.29, 1.82) is 0 Å². The predicted octanol–water partition coefficient (Wildman–Crippen LogP) is 3.18. The van der Waals surface area contributed by atoms with Crippen LogP contribution in [0.2, 0.25) is 5.02 Å². The summed E-state index contributed by atoms with van der Waals surface area (Å²) in [7, 11) is 0. The van der Waals surface area contributed by atoms with Gasteiger partial charge < -0.3 is 9.73 Å². The fourth-order valence-corrected chi connectivity index (χ4v) is 3.82. The maximum Gasteiger partial charge on any atom is 0.226 e. The van der Waals surface area contributed by atoms with Gasteiger partial charge in [-0.1, -0.05) is 17.7 Å². The van der Waals surface area contributed by atoms with E-state index in [1.807, 2.05) is 24.3 Å². The second-order valence-corrected chi connectivity index (χ2v) is 6.72. The Hall–Kier alpha value is -1.36. The zero-order chi connectivity index (χ0) is 14.9. The van der Waals surface area contributed by atoms with E-state index in [4.69, 9.17) is 16.0 Å². The Kier molecular flexibility index (Phi) is 3.90. The zero-order valence-electron chi connectivity index (χ0n) is 12.5. The number of fused-ring (bicyclic) bond motifs is 1. The Morgan fingerprint density at radius 3 is 3.23 bits per heavy atom. The number of rotatable bonds is 3. The molecule has 0 saturated carbocycles. The van der Waals surface area contributed by atoms with Crippen LogP contribution in [0.15, 0.2) is 34.9 Å². The lowest BCUT2D eigenvalue weighted by atomic mass is 9.93. The van der Waals surface area contributed by atoms with E-state index in [9.17, 15) is 0 Å². The number of nitrogens with one attached hydrogen (secondary N) is 1. The molecule has 2 fully saturated rings. The van der Waals surface area contributed by atoms with Crippen LogP contribution < -0.4 is 5.32 Å². The number of aromatic nitrogens is 1. The van der Waals surface area contributed by atoms with Gasteiger partial charge in [-0.2, -0.15) is 0 Å². The summed E-state index contributed by atoms with van der Waals surface area (Å²) in [5.74, 6) is 1.45. The molecule has 0 spiro atoms. The molecule has 2 aromatic rings. The van der Waals surface area contributed by atoms with Gasteiger partial charge in [0.25, 0.3) is 0 Å². The van der Waals surface area contributed by atoms with E-state index >= 15 is 0 Å². The number of piperidine rings is 1. The highest BCUT2D eigenvalue weighted by Gasteiger charge is 2.32. The Labute approximate surface area is 135 Å². The van der Waals surface area contributed by atoms with Crippen LogP contribution in [-0.2, 0) is 6.54 Å². The maximum atomic E-state index is 6.03. The first-order valence-corrected chi connectivity index (χ1v) is 8.32. The fraction of sp³-hybridized carbons (Fsp3) is 0.471. The third kappa shape index (κ3) is 2.91. The molecule has 0 radical (unpaired) electrons. The second-order valence-electron chi connectivity index (χ2n) is 6.29. The lowest BCUT2D eigenvalue weighted by molar-refractivity contribution is 0.154. The van der Waals surface area contributed by atoms with E-state index in [2.05, 4.69) is 15.2 Å². The summed E-state index contributed by atoms with van der Waals surface area (Å²) in [5.41, 5.74) is 1.93. The van der Waals surface area contributed by atoms with Gasteiger partial charge >= 0.3 is 0 Å². The normalized spacial score (nSPS) is 25.3. The summed E-state index contributed by atoms with van der Waals surface area (Å²) in [4.78, 5) is 7.11. The van der Waals surface area contributed by atoms with Gasteiger partial charge in [0.15, 0.2) is 0 Å². The maximum absolute atomic E-state index is 6.03. The molecule has 0 bridgehead atoms. The van der Waals surface area contributed by atoms with Gasteiger partial charge in [0.2, 0.25) is 5.89 Å². The molecule has 1 aromatic heterocycles. The summed E-state index contributed by atoms with van der Waals surface area (Å²) in [5, 5.41) is 4.30. The molecule has 0 amide bonds. The average Bonchev–Trinajstić information content (AvgIpc) is 3.16. The van der Waals surface area contributed by atoms with Crippen LogP contribution in [0.4, 0.5) is 0 Å².